The molecular weight excluding hydrogens is 289 g/mol. The topological polar surface area (TPSA) is 78.8 Å². The maximum atomic E-state index is 11.8. The first kappa shape index (κ1) is 15.6. The van der Waals surface area contributed by atoms with Crippen LogP contribution in [0.2, 0.25) is 0 Å². The van der Waals surface area contributed by atoms with Gasteiger partial charge in [-0.2, -0.15) is 0 Å². The first-order chi connectivity index (χ1) is 9.90. The van der Waals surface area contributed by atoms with Gasteiger partial charge in [-0.3, -0.25) is 4.57 Å². The molecule has 0 aliphatic rings. The summed E-state index contributed by atoms with van der Waals surface area (Å²) in [5, 5.41) is 2.90. The summed E-state index contributed by atoms with van der Waals surface area (Å²) in [6.07, 6.45) is 0. The molecule has 0 heterocycles. The lowest BCUT2D eigenvalue weighted by Crippen LogP contribution is -2.11. The molecule has 2 rings (SSSR count). The van der Waals surface area contributed by atoms with Gasteiger partial charge in [-0.25, -0.2) is 0 Å². The predicted octanol–water partition coefficient (Wildman–Crippen LogP) is 3.29. The summed E-state index contributed by atoms with van der Waals surface area (Å²) in [6.45, 7) is 1.95. The second-order valence-electron chi connectivity index (χ2n) is 4.78. The van der Waals surface area contributed by atoms with Gasteiger partial charge < -0.3 is 19.8 Å². The van der Waals surface area contributed by atoms with Crippen LogP contribution in [0, 0.1) is 6.92 Å². The molecule has 0 aliphatic carbocycles. The van der Waals surface area contributed by atoms with Crippen molar-refractivity contribution >= 4 is 13.3 Å². The molecular formula is C15H18NO4P. The van der Waals surface area contributed by atoms with Gasteiger partial charge in [-0.15, -0.1) is 0 Å². The zero-order chi connectivity index (χ0) is 15.5. The van der Waals surface area contributed by atoms with Crippen LogP contribution in [0.4, 0.5) is 5.69 Å². The van der Waals surface area contributed by atoms with Crippen molar-refractivity contribution in [1.82, 2.24) is 0 Å². The Balaban J connectivity index is 2.30. The molecule has 0 bridgehead atoms. The van der Waals surface area contributed by atoms with Gasteiger partial charge >= 0.3 is 7.60 Å². The van der Waals surface area contributed by atoms with Gasteiger partial charge in [0.2, 0.25) is 0 Å². The summed E-state index contributed by atoms with van der Waals surface area (Å²) in [5.41, 5.74) is 2.24. The summed E-state index contributed by atoms with van der Waals surface area (Å²) in [7, 11) is -2.81. The van der Waals surface area contributed by atoms with Gasteiger partial charge in [0.15, 0.2) is 5.78 Å². The van der Waals surface area contributed by atoms with Gasteiger partial charge in [-0.05, 0) is 36.8 Å². The smallest absolute Gasteiger partial charge is 0.352 e. The second kappa shape index (κ2) is 6.31. The third-order valence-electron chi connectivity index (χ3n) is 3.12. The summed E-state index contributed by atoms with van der Waals surface area (Å²) >= 11 is 0. The highest BCUT2D eigenvalue weighted by molar-refractivity contribution is 7.52. The minimum absolute atomic E-state index is 0.504. The molecule has 21 heavy (non-hydrogen) atoms. The van der Waals surface area contributed by atoms with Crippen molar-refractivity contribution in [2.45, 2.75) is 12.7 Å². The Morgan fingerprint density at radius 1 is 1.05 bits per heavy atom. The predicted molar refractivity (Wildman–Crippen MR) is 82.6 cm³/mol. The monoisotopic (exact) mass is 307 g/mol. The van der Waals surface area contributed by atoms with Crippen LogP contribution in [-0.2, 0) is 4.57 Å². The number of hydrogen-bond donors (Lipinski definition) is 3. The number of benzene rings is 2. The van der Waals surface area contributed by atoms with Gasteiger partial charge in [-0.1, -0.05) is 29.8 Å². The van der Waals surface area contributed by atoms with Crippen LogP contribution >= 0.6 is 7.60 Å². The molecule has 6 heteroatoms. The second-order valence-corrected chi connectivity index (χ2v) is 6.47. The van der Waals surface area contributed by atoms with E-state index in [9.17, 15) is 14.4 Å². The molecule has 0 spiro atoms. The average molecular weight is 307 g/mol. The molecule has 3 N–H and O–H groups in total. The molecule has 0 aliphatic heterocycles. The van der Waals surface area contributed by atoms with Crippen molar-refractivity contribution in [3.05, 3.63) is 59.7 Å². The third-order valence-corrected chi connectivity index (χ3v) is 4.22. The van der Waals surface area contributed by atoms with E-state index >= 15 is 0 Å². The quantitative estimate of drug-likeness (QED) is 0.739. The van der Waals surface area contributed by atoms with Crippen molar-refractivity contribution in [2.24, 2.45) is 0 Å². The van der Waals surface area contributed by atoms with Crippen LogP contribution in [-0.4, -0.2) is 16.9 Å². The van der Waals surface area contributed by atoms with Gasteiger partial charge in [0.1, 0.15) is 5.75 Å². The van der Waals surface area contributed by atoms with Crippen molar-refractivity contribution < 1.29 is 19.1 Å². The molecule has 0 unspecified atom stereocenters. The first-order valence-electron chi connectivity index (χ1n) is 6.42. The summed E-state index contributed by atoms with van der Waals surface area (Å²) < 4.78 is 16.8. The summed E-state index contributed by atoms with van der Waals surface area (Å²) in [4.78, 5) is 19.2. The number of ether oxygens (including phenoxy) is 1. The highest BCUT2D eigenvalue weighted by Crippen LogP contribution is 2.51. The van der Waals surface area contributed by atoms with E-state index in [1.807, 2.05) is 19.1 Å². The molecule has 0 radical (unpaired) electrons. The van der Waals surface area contributed by atoms with Gasteiger partial charge in [0.05, 0.1) is 7.11 Å². The van der Waals surface area contributed by atoms with E-state index in [1.165, 1.54) is 0 Å². The van der Waals surface area contributed by atoms with E-state index in [4.69, 9.17) is 4.74 Å². The Labute approximate surface area is 123 Å². The fourth-order valence-electron chi connectivity index (χ4n) is 1.96. The van der Waals surface area contributed by atoms with Crippen molar-refractivity contribution in [3.63, 3.8) is 0 Å². The maximum Gasteiger partial charge on any atom is 0.352 e. The SMILES string of the molecule is COc1ccc([C@H](Nc2ccc(C)cc2)P(=O)(O)O)cc1. The van der Waals surface area contributed by atoms with Crippen LogP contribution in [0.15, 0.2) is 48.5 Å². The lowest BCUT2D eigenvalue weighted by molar-refractivity contribution is 0.363. The molecule has 0 fully saturated rings. The number of anilines is 1. The molecule has 1 atom stereocenters. The third kappa shape index (κ3) is 4.08. The molecule has 2 aromatic rings. The molecule has 112 valence electrons. The molecule has 2 aromatic carbocycles. The molecule has 0 saturated carbocycles. The zero-order valence-corrected chi connectivity index (χ0v) is 12.7. The Kier molecular flexibility index (Phi) is 4.68. The first-order valence-corrected chi connectivity index (χ1v) is 8.10. The van der Waals surface area contributed by atoms with Gasteiger partial charge in [0, 0.05) is 5.69 Å². The van der Waals surface area contributed by atoms with Crippen molar-refractivity contribution in [3.8, 4) is 5.75 Å². The number of rotatable bonds is 5. The molecule has 5 nitrogen and oxygen atoms in total. The summed E-state index contributed by atoms with van der Waals surface area (Å²) in [6, 6.07) is 14.0. The number of aryl methyl sites for hydroxylation is 1. The van der Waals surface area contributed by atoms with E-state index in [-0.39, 0.29) is 0 Å². The van der Waals surface area contributed by atoms with Crippen molar-refractivity contribution in [2.75, 3.05) is 12.4 Å². The number of nitrogens with one attached hydrogen (secondary N) is 1. The van der Waals surface area contributed by atoms with E-state index in [1.54, 1.807) is 43.5 Å². The fourth-order valence-corrected chi connectivity index (χ4v) is 2.83. The van der Waals surface area contributed by atoms with Crippen molar-refractivity contribution in [1.29, 1.82) is 0 Å². The van der Waals surface area contributed by atoms with Crippen LogP contribution in [0.25, 0.3) is 0 Å². The van der Waals surface area contributed by atoms with Crippen LogP contribution < -0.4 is 10.1 Å². The Morgan fingerprint density at radius 2 is 1.62 bits per heavy atom. The van der Waals surface area contributed by atoms with E-state index in [2.05, 4.69) is 5.32 Å². The lowest BCUT2D eigenvalue weighted by Gasteiger charge is -2.21. The van der Waals surface area contributed by atoms with E-state index in [0.29, 0.717) is 17.0 Å². The zero-order valence-electron chi connectivity index (χ0n) is 11.9. The van der Waals surface area contributed by atoms with Crippen LogP contribution in [0.5, 0.6) is 5.75 Å². The maximum absolute atomic E-state index is 11.8. The van der Waals surface area contributed by atoms with Crippen LogP contribution in [0.3, 0.4) is 0 Å². The normalized spacial score (nSPS) is 12.8. The highest BCUT2D eigenvalue weighted by atomic mass is 31.2. The minimum Gasteiger partial charge on any atom is -0.497 e. The largest absolute Gasteiger partial charge is 0.497 e. The lowest BCUT2D eigenvalue weighted by atomic mass is 10.2. The molecule has 0 aromatic heterocycles. The average Bonchev–Trinajstić information content (AvgIpc) is 2.45. The fraction of sp³-hybridized carbons (Fsp3) is 0.200. The van der Waals surface area contributed by atoms with E-state index < -0.39 is 13.4 Å². The Morgan fingerprint density at radius 3 is 2.10 bits per heavy atom. The van der Waals surface area contributed by atoms with Crippen LogP contribution in [0.1, 0.15) is 16.9 Å². The van der Waals surface area contributed by atoms with E-state index in [0.717, 1.165) is 5.56 Å². The number of methoxy groups -OCH3 is 1. The Hall–Kier alpha value is -1.81. The Bertz CT molecular complexity index is 634. The summed E-state index contributed by atoms with van der Waals surface area (Å²) in [5.74, 6) is -0.454. The molecule has 0 amide bonds. The standard InChI is InChI=1S/C15H18NO4P/c1-11-3-7-13(8-4-11)16-15(21(17,18)19)12-5-9-14(20-2)10-6-12/h3-10,15-16H,1-2H3,(H2,17,18,19)/t15-/m1/s1. The minimum atomic E-state index is -4.35. The van der Waals surface area contributed by atoms with Gasteiger partial charge in [0.25, 0.3) is 0 Å². The molecule has 0 saturated heterocycles. The highest BCUT2D eigenvalue weighted by Gasteiger charge is 2.30. The number of hydrogen-bond acceptors (Lipinski definition) is 3.